The zero-order valence-corrected chi connectivity index (χ0v) is 21.4. The maximum absolute atomic E-state index is 13.6. The molecule has 3 heterocycles. The molecule has 10 heteroatoms. The fourth-order valence-electron chi connectivity index (χ4n) is 4.84. The summed E-state index contributed by atoms with van der Waals surface area (Å²) in [5.74, 6) is 0.865. The zero-order valence-electron chi connectivity index (χ0n) is 20.6. The minimum atomic E-state index is -4.55. The number of nitrogens with one attached hydrogen (secondary N) is 1. The van der Waals surface area contributed by atoms with Gasteiger partial charge < -0.3 is 14.6 Å². The van der Waals surface area contributed by atoms with Gasteiger partial charge in [-0.25, -0.2) is 13.4 Å². The largest absolute Gasteiger partial charge is 0.491 e. The van der Waals surface area contributed by atoms with E-state index in [9.17, 15) is 21.6 Å². The van der Waals surface area contributed by atoms with Gasteiger partial charge in [0, 0.05) is 17.0 Å². The van der Waals surface area contributed by atoms with Gasteiger partial charge in [0.15, 0.2) is 9.84 Å². The monoisotopic (exact) mass is 531 g/mol. The van der Waals surface area contributed by atoms with Crippen molar-refractivity contribution in [1.29, 1.82) is 0 Å². The molecule has 1 N–H and O–H groups in total. The summed E-state index contributed by atoms with van der Waals surface area (Å²) in [4.78, 5) is 9.65. The number of aromatic amines is 1. The molecule has 1 fully saturated rings. The van der Waals surface area contributed by atoms with Gasteiger partial charge in [0.05, 0.1) is 28.3 Å². The van der Waals surface area contributed by atoms with Crippen molar-refractivity contribution in [2.24, 2.45) is 5.92 Å². The molecule has 0 saturated carbocycles. The third-order valence-electron chi connectivity index (χ3n) is 7.09. The van der Waals surface area contributed by atoms with Gasteiger partial charge in [-0.2, -0.15) is 13.2 Å². The average molecular weight is 532 g/mol. The third kappa shape index (κ3) is 5.04. The Morgan fingerprint density at radius 1 is 1.14 bits per heavy atom. The molecule has 0 spiro atoms. The standard InChI is InChI=1S/C27H28F3N3O3S/c1-3-37(34,35)20-6-4-5-18(13-20)21-7-8-23(36-16-17-9-11-33(2)12-10-17)25-24(21)22-14-19(27(28,29)30)15-31-26(22)32-25/h4-8,13-15,17H,3,9-12,16H2,1-2H3,(H,31,32). The van der Waals surface area contributed by atoms with Crippen LogP contribution in [-0.2, 0) is 16.0 Å². The van der Waals surface area contributed by atoms with E-state index >= 15 is 0 Å². The second-order valence-corrected chi connectivity index (χ2v) is 11.9. The Balaban J connectivity index is 1.65. The number of halogens is 3. The molecule has 2 aromatic heterocycles. The number of benzene rings is 2. The van der Waals surface area contributed by atoms with Crippen molar-refractivity contribution in [3.63, 3.8) is 0 Å². The van der Waals surface area contributed by atoms with Crippen LogP contribution in [0.1, 0.15) is 25.3 Å². The highest BCUT2D eigenvalue weighted by molar-refractivity contribution is 7.91. The zero-order chi connectivity index (χ0) is 26.4. The van der Waals surface area contributed by atoms with Crippen LogP contribution in [0, 0.1) is 5.92 Å². The minimum absolute atomic E-state index is 0.0540. The maximum Gasteiger partial charge on any atom is 0.417 e. The average Bonchev–Trinajstić information content (AvgIpc) is 3.27. The van der Waals surface area contributed by atoms with E-state index in [1.807, 2.05) is 0 Å². The Labute approximate surface area is 213 Å². The summed E-state index contributed by atoms with van der Waals surface area (Å²) in [5.41, 5.74) is 1.17. The second-order valence-electron chi connectivity index (χ2n) is 9.59. The number of sulfone groups is 1. The molecule has 0 amide bonds. The van der Waals surface area contributed by atoms with E-state index in [2.05, 4.69) is 21.9 Å². The van der Waals surface area contributed by atoms with Crippen LogP contribution < -0.4 is 4.74 Å². The van der Waals surface area contributed by atoms with Gasteiger partial charge in [0.2, 0.25) is 0 Å². The Morgan fingerprint density at radius 3 is 2.59 bits per heavy atom. The fourth-order valence-corrected chi connectivity index (χ4v) is 5.76. The van der Waals surface area contributed by atoms with Crippen LogP contribution in [0.5, 0.6) is 5.75 Å². The summed E-state index contributed by atoms with van der Waals surface area (Å²) in [6.07, 6.45) is -1.72. The normalized spacial score (nSPS) is 16.0. The Kier molecular flexibility index (Phi) is 6.66. The smallest absolute Gasteiger partial charge is 0.417 e. The van der Waals surface area contributed by atoms with Crippen LogP contribution in [-0.4, -0.2) is 55.8 Å². The molecule has 0 radical (unpaired) electrons. The van der Waals surface area contributed by atoms with Gasteiger partial charge in [0.1, 0.15) is 11.4 Å². The van der Waals surface area contributed by atoms with Crippen LogP contribution in [0.2, 0.25) is 0 Å². The number of hydrogen-bond acceptors (Lipinski definition) is 5. The molecule has 0 atom stereocenters. The molecule has 37 heavy (non-hydrogen) atoms. The lowest BCUT2D eigenvalue weighted by Gasteiger charge is -2.28. The molecule has 0 aliphatic carbocycles. The molecule has 196 valence electrons. The lowest BCUT2D eigenvalue weighted by atomic mass is 9.98. The Morgan fingerprint density at radius 2 is 1.89 bits per heavy atom. The predicted octanol–water partition coefficient (Wildman–Crippen LogP) is 5.92. The maximum atomic E-state index is 13.6. The van der Waals surface area contributed by atoms with Gasteiger partial charge >= 0.3 is 6.18 Å². The van der Waals surface area contributed by atoms with E-state index < -0.39 is 21.6 Å². The van der Waals surface area contributed by atoms with E-state index in [-0.39, 0.29) is 10.6 Å². The molecule has 2 aromatic carbocycles. The molecule has 1 aliphatic rings. The van der Waals surface area contributed by atoms with Crippen molar-refractivity contribution in [2.75, 3.05) is 32.5 Å². The molecule has 0 bridgehead atoms. The van der Waals surface area contributed by atoms with Crippen molar-refractivity contribution in [1.82, 2.24) is 14.9 Å². The van der Waals surface area contributed by atoms with Crippen LogP contribution in [0.15, 0.2) is 53.6 Å². The highest BCUT2D eigenvalue weighted by Gasteiger charge is 2.32. The number of pyridine rings is 1. The number of H-pyrrole nitrogens is 1. The number of alkyl halides is 3. The van der Waals surface area contributed by atoms with Crippen molar-refractivity contribution >= 4 is 31.8 Å². The molecule has 5 rings (SSSR count). The van der Waals surface area contributed by atoms with Gasteiger partial charge in [-0.15, -0.1) is 0 Å². The fraction of sp³-hybridized carbons (Fsp3) is 0.370. The molecule has 1 saturated heterocycles. The van der Waals surface area contributed by atoms with E-state index in [1.54, 1.807) is 37.3 Å². The Bertz CT molecular complexity index is 1560. The first kappa shape index (κ1) is 25.5. The highest BCUT2D eigenvalue weighted by atomic mass is 32.2. The summed E-state index contributed by atoms with van der Waals surface area (Å²) in [7, 11) is -1.38. The second kappa shape index (κ2) is 9.64. The minimum Gasteiger partial charge on any atom is -0.491 e. The first-order valence-corrected chi connectivity index (χ1v) is 13.9. The number of likely N-dealkylation sites (tertiary alicyclic amines) is 1. The van der Waals surface area contributed by atoms with Gasteiger partial charge in [-0.3, -0.25) is 0 Å². The summed E-state index contributed by atoms with van der Waals surface area (Å²) >= 11 is 0. The van der Waals surface area contributed by atoms with Crippen LogP contribution in [0.3, 0.4) is 0 Å². The van der Waals surface area contributed by atoms with E-state index in [0.29, 0.717) is 51.3 Å². The lowest BCUT2D eigenvalue weighted by molar-refractivity contribution is -0.137. The summed E-state index contributed by atoms with van der Waals surface area (Å²) in [6, 6.07) is 11.1. The van der Waals surface area contributed by atoms with E-state index in [0.717, 1.165) is 38.2 Å². The van der Waals surface area contributed by atoms with E-state index in [1.165, 1.54) is 6.07 Å². The number of piperidine rings is 1. The lowest BCUT2D eigenvalue weighted by Crippen LogP contribution is -2.32. The molecule has 6 nitrogen and oxygen atoms in total. The first-order valence-electron chi connectivity index (χ1n) is 12.2. The SMILES string of the molecule is CCS(=O)(=O)c1cccc(-c2ccc(OCC3CCN(C)CC3)c3[nH]c4ncc(C(F)(F)F)cc4c23)c1. The first-order chi connectivity index (χ1) is 17.6. The van der Waals surface area contributed by atoms with Gasteiger partial charge in [-0.1, -0.05) is 19.1 Å². The molecule has 0 unspecified atom stereocenters. The summed E-state index contributed by atoms with van der Waals surface area (Å²) < 4.78 is 71.9. The van der Waals surface area contributed by atoms with Crippen molar-refractivity contribution < 1.29 is 26.3 Å². The van der Waals surface area contributed by atoms with E-state index in [4.69, 9.17) is 4.74 Å². The van der Waals surface area contributed by atoms with Crippen LogP contribution in [0.4, 0.5) is 13.2 Å². The number of rotatable bonds is 6. The number of hydrogen-bond donors (Lipinski definition) is 1. The Hall–Kier alpha value is -3.11. The molecule has 4 aromatic rings. The van der Waals surface area contributed by atoms with Crippen LogP contribution >= 0.6 is 0 Å². The summed E-state index contributed by atoms with van der Waals surface area (Å²) in [5, 5.41) is 0.814. The number of nitrogens with zero attached hydrogens (tertiary/aromatic N) is 2. The molecular formula is C27H28F3N3O3S. The van der Waals surface area contributed by atoms with Crippen molar-refractivity contribution in [3.8, 4) is 16.9 Å². The third-order valence-corrected chi connectivity index (χ3v) is 8.82. The number of ether oxygens (including phenoxy) is 1. The summed E-state index contributed by atoms with van der Waals surface area (Å²) in [6.45, 7) is 4.07. The molecular weight excluding hydrogens is 503 g/mol. The highest BCUT2D eigenvalue weighted by Crippen LogP contribution is 2.41. The number of aromatic nitrogens is 2. The topological polar surface area (TPSA) is 75.3 Å². The van der Waals surface area contributed by atoms with Crippen molar-refractivity contribution in [3.05, 3.63) is 54.2 Å². The molecule has 1 aliphatic heterocycles. The predicted molar refractivity (Wildman–Crippen MR) is 137 cm³/mol. The van der Waals surface area contributed by atoms with Crippen LogP contribution in [0.25, 0.3) is 33.1 Å². The quantitative estimate of drug-likeness (QED) is 0.335. The number of fused-ring (bicyclic) bond motifs is 3. The van der Waals surface area contributed by atoms with Gasteiger partial charge in [0.25, 0.3) is 0 Å². The van der Waals surface area contributed by atoms with Gasteiger partial charge in [-0.05, 0) is 80.4 Å². The van der Waals surface area contributed by atoms with Crippen molar-refractivity contribution in [2.45, 2.75) is 30.8 Å².